The van der Waals surface area contributed by atoms with Crippen molar-refractivity contribution in [2.75, 3.05) is 18.6 Å². The third kappa shape index (κ3) is 4.17. The van der Waals surface area contributed by atoms with E-state index in [9.17, 15) is 14.4 Å². The van der Waals surface area contributed by atoms with Gasteiger partial charge in [0.15, 0.2) is 6.61 Å². The smallest absolute Gasteiger partial charge is 0.258 e. The van der Waals surface area contributed by atoms with Crippen LogP contribution in [-0.4, -0.2) is 37.5 Å². The molecule has 0 bridgehead atoms. The highest BCUT2D eigenvalue weighted by molar-refractivity contribution is 6.22. The highest BCUT2D eigenvalue weighted by Gasteiger charge is 2.52. The summed E-state index contributed by atoms with van der Waals surface area (Å²) < 4.78 is 10.7. The van der Waals surface area contributed by atoms with Gasteiger partial charge in [-0.2, -0.15) is 0 Å². The van der Waals surface area contributed by atoms with Crippen LogP contribution in [0.4, 0.5) is 5.69 Å². The van der Waals surface area contributed by atoms with E-state index >= 15 is 0 Å². The number of nitrogens with one attached hydrogen (secondary N) is 1. The van der Waals surface area contributed by atoms with Crippen LogP contribution in [-0.2, 0) is 14.4 Å². The molecule has 1 fully saturated rings. The molecule has 7 nitrogen and oxygen atoms in total. The molecule has 0 radical (unpaired) electrons. The summed E-state index contributed by atoms with van der Waals surface area (Å²) in [5.41, 5.74) is 1.53. The molecule has 1 heterocycles. The van der Waals surface area contributed by atoms with Crippen LogP contribution in [0, 0.1) is 18.8 Å². The summed E-state index contributed by atoms with van der Waals surface area (Å²) in [5.74, 6) is -0.801. The molecule has 3 atom stereocenters. The number of anilines is 1. The Morgan fingerprint density at radius 1 is 1.10 bits per heavy atom. The lowest BCUT2D eigenvalue weighted by molar-refractivity contribution is -0.126. The van der Waals surface area contributed by atoms with Gasteiger partial charge in [-0.15, -0.1) is 0 Å². The topological polar surface area (TPSA) is 84.9 Å². The van der Waals surface area contributed by atoms with Gasteiger partial charge in [-0.1, -0.05) is 24.3 Å². The zero-order chi connectivity index (χ0) is 22.0. The molecule has 0 aromatic heterocycles. The molecule has 31 heavy (non-hydrogen) atoms. The number of imide groups is 1. The summed E-state index contributed by atoms with van der Waals surface area (Å²) in [6.07, 6.45) is 4.10. The number of amides is 3. The molecule has 1 aliphatic heterocycles. The number of methoxy groups -OCH3 is 1. The maximum atomic E-state index is 13.2. The summed E-state index contributed by atoms with van der Waals surface area (Å²) in [6, 6.07) is 13.6. The largest absolute Gasteiger partial charge is 0.497 e. The Balaban J connectivity index is 1.45. The van der Waals surface area contributed by atoms with E-state index in [-0.39, 0.29) is 24.3 Å². The molecule has 1 aliphatic carbocycles. The molecule has 4 rings (SSSR count). The Bertz CT molecular complexity index is 1030. The quantitative estimate of drug-likeness (QED) is 0.574. The van der Waals surface area contributed by atoms with E-state index in [0.29, 0.717) is 23.6 Å². The van der Waals surface area contributed by atoms with Gasteiger partial charge in [0, 0.05) is 0 Å². The van der Waals surface area contributed by atoms with Crippen LogP contribution in [0.1, 0.15) is 12.0 Å². The number of rotatable bonds is 6. The summed E-state index contributed by atoms with van der Waals surface area (Å²) in [5, 5.41) is 2.85. The summed E-state index contributed by atoms with van der Waals surface area (Å²) in [6.45, 7) is 1.77. The lowest BCUT2D eigenvalue weighted by Crippen LogP contribution is -2.46. The standard InChI is InChI=1S/C24H24N2O5/c1-15-5-3-6-18(13-15)31-14-21(27)25-20-8-4-7-19-22(20)24(29)26(23(19)28)16-9-11-17(30-2)12-10-16/h3-6,8-13,19-20,22H,7,14H2,1-2H3,(H,25,27)/t19-,20-,22+/m1/s1. The number of benzene rings is 2. The van der Waals surface area contributed by atoms with E-state index in [1.54, 1.807) is 43.5 Å². The van der Waals surface area contributed by atoms with Crippen molar-refractivity contribution < 1.29 is 23.9 Å². The summed E-state index contributed by atoms with van der Waals surface area (Å²) in [7, 11) is 1.55. The van der Waals surface area contributed by atoms with E-state index in [4.69, 9.17) is 9.47 Å². The van der Waals surface area contributed by atoms with Crippen molar-refractivity contribution in [1.29, 1.82) is 0 Å². The maximum Gasteiger partial charge on any atom is 0.258 e. The number of aryl methyl sites for hydroxylation is 1. The van der Waals surface area contributed by atoms with Crippen LogP contribution in [0.3, 0.4) is 0 Å². The molecular weight excluding hydrogens is 396 g/mol. The highest BCUT2D eigenvalue weighted by atomic mass is 16.5. The molecule has 2 aromatic carbocycles. The number of carbonyl (C=O) groups excluding carboxylic acids is 3. The normalized spacial score (nSPS) is 22.3. The lowest BCUT2D eigenvalue weighted by atomic mass is 9.81. The molecular formula is C24H24N2O5. The molecule has 0 saturated carbocycles. The van der Waals surface area contributed by atoms with Crippen molar-refractivity contribution in [3.05, 3.63) is 66.2 Å². The third-order valence-corrected chi connectivity index (χ3v) is 5.61. The van der Waals surface area contributed by atoms with Crippen molar-refractivity contribution >= 4 is 23.4 Å². The number of carbonyl (C=O) groups is 3. The first-order chi connectivity index (χ1) is 15.0. The van der Waals surface area contributed by atoms with Crippen LogP contribution < -0.4 is 19.7 Å². The molecule has 1 N–H and O–H groups in total. The highest BCUT2D eigenvalue weighted by Crippen LogP contribution is 2.38. The molecule has 160 valence electrons. The van der Waals surface area contributed by atoms with Crippen molar-refractivity contribution in [1.82, 2.24) is 5.32 Å². The van der Waals surface area contributed by atoms with Gasteiger partial charge in [-0.05, 0) is 55.3 Å². The van der Waals surface area contributed by atoms with Crippen molar-refractivity contribution in [2.24, 2.45) is 11.8 Å². The second kappa shape index (κ2) is 8.63. The predicted octanol–water partition coefficient (Wildman–Crippen LogP) is 2.63. The Labute approximate surface area is 180 Å². The Morgan fingerprint density at radius 3 is 2.58 bits per heavy atom. The molecule has 2 aliphatic rings. The monoisotopic (exact) mass is 420 g/mol. The van der Waals surface area contributed by atoms with Crippen LogP contribution >= 0.6 is 0 Å². The van der Waals surface area contributed by atoms with E-state index in [2.05, 4.69) is 5.32 Å². The number of hydrogen-bond donors (Lipinski definition) is 1. The fourth-order valence-electron chi connectivity index (χ4n) is 4.10. The first-order valence-electron chi connectivity index (χ1n) is 10.2. The Hall–Kier alpha value is -3.61. The molecule has 2 aromatic rings. The average molecular weight is 420 g/mol. The molecule has 0 unspecified atom stereocenters. The molecule has 3 amide bonds. The van der Waals surface area contributed by atoms with Crippen LogP contribution in [0.15, 0.2) is 60.7 Å². The summed E-state index contributed by atoms with van der Waals surface area (Å²) >= 11 is 0. The van der Waals surface area contributed by atoms with Gasteiger partial charge in [-0.25, -0.2) is 4.90 Å². The zero-order valence-electron chi connectivity index (χ0n) is 17.4. The number of ether oxygens (including phenoxy) is 2. The fraction of sp³-hybridized carbons (Fsp3) is 0.292. The third-order valence-electron chi connectivity index (χ3n) is 5.61. The number of allylic oxidation sites excluding steroid dienone is 1. The van der Waals surface area contributed by atoms with Crippen molar-refractivity contribution in [2.45, 2.75) is 19.4 Å². The first-order valence-corrected chi connectivity index (χ1v) is 10.2. The van der Waals surface area contributed by atoms with Crippen LogP contribution in [0.2, 0.25) is 0 Å². The minimum absolute atomic E-state index is 0.171. The fourth-order valence-corrected chi connectivity index (χ4v) is 4.10. The second-order valence-corrected chi connectivity index (χ2v) is 7.70. The van der Waals surface area contributed by atoms with E-state index in [1.165, 1.54) is 4.90 Å². The van der Waals surface area contributed by atoms with Gasteiger partial charge in [0.05, 0.1) is 30.7 Å². The van der Waals surface area contributed by atoms with Crippen LogP contribution in [0.5, 0.6) is 11.5 Å². The average Bonchev–Trinajstić information content (AvgIpc) is 3.03. The van der Waals surface area contributed by atoms with Gasteiger partial charge in [-0.3, -0.25) is 14.4 Å². The second-order valence-electron chi connectivity index (χ2n) is 7.70. The maximum absolute atomic E-state index is 13.2. The molecule has 1 saturated heterocycles. The lowest BCUT2D eigenvalue weighted by Gasteiger charge is -2.26. The van der Waals surface area contributed by atoms with Gasteiger partial charge in [0.2, 0.25) is 11.8 Å². The number of fused-ring (bicyclic) bond motifs is 1. The zero-order valence-corrected chi connectivity index (χ0v) is 17.4. The van der Waals surface area contributed by atoms with Crippen LogP contribution in [0.25, 0.3) is 0 Å². The van der Waals surface area contributed by atoms with Gasteiger partial charge in [0.1, 0.15) is 11.5 Å². The molecule has 7 heteroatoms. The number of nitrogens with zero attached hydrogens (tertiary/aromatic N) is 1. The van der Waals surface area contributed by atoms with Crippen molar-refractivity contribution in [3.63, 3.8) is 0 Å². The SMILES string of the molecule is COc1ccc(N2C(=O)[C@@H]3[C@H](NC(=O)COc4cccc(C)c4)C=CC[C@H]3C2=O)cc1. The van der Waals surface area contributed by atoms with Gasteiger partial charge >= 0.3 is 0 Å². The van der Waals surface area contributed by atoms with Gasteiger partial charge in [0.25, 0.3) is 5.91 Å². The predicted molar refractivity (Wildman–Crippen MR) is 115 cm³/mol. The van der Waals surface area contributed by atoms with E-state index in [0.717, 1.165) is 5.56 Å². The van der Waals surface area contributed by atoms with E-state index < -0.39 is 17.9 Å². The first kappa shape index (κ1) is 20.7. The van der Waals surface area contributed by atoms with Crippen molar-refractivity contribution in [3.8, 4) is 11.5 Å². The Kier molecular flexibility index (Phi) is 5.75. The summed E-state index contributed by atoms with van der Waals surface area (Å²) in [4.78, 5) is 39.8. The Morgan fingerprint density at radius 2 is 1.87 bits per heavy atom. The molecule has 0 spiro atoms. The minimum Gasteiger partial charge on any atom is -0.497 e. The minimum atomic E-state index is -0.637. The number of hydrogen-bond acceptors (Lipinski definition) is 5. The van der Waals surface area contributed by atoms with Gasteiger partial charge < -0.3 is 14.8 Å². The van der Waals surface area contributed by atoms with E-state index in [1.807, 2.05) is 31.2 Å².